The van der Waals surface area contributed by atoms with Crippen molar-refractivity contribution in [2.45, 2.75) is 19.0 Å². The van der Waals surface area contributed by atoms with Crippen molar-refractivity contribution in [1.82, 2.24) is 9.62 Å². The second-order valence-corrected chi connectivity index (χ2v) is 8.99. The van der Waals surface area contributed by atoms with Gasteiger partial charge >= 0.3 is 5.97 Å². The molecule has 1 heterocycles. The molecule has 0 aliphatic carbocycles. The van der Waals surface area contributed by atoms with Crippen LogP contribution in [-0.4, -0.2) is 44.9 Å². The standard InChI is InChI=1S/C21H23ClN2O4S/c1-28-21(25)18-6-2-17(3-7-18)15-24(20-10-12-23-14-20)29(26,27)13-11-16-4-8-19(22)9-5-16/h2-9,11,13,20,23H,10,12,14-15H2,1H3/b13-11+. The molecule has 1 N–H and O–H groups in total. The van der Waals surface area contributed by atoms with Crippen LogP contribution in [0, 0.1) is 0 Å². The summed E-state index contributed by atoms with van der Waals surface area (Å²) in [7, 11) is -2.33. The van der Waals surface area contributed by atoms with Crippen molar-refractivity contribution in [2.75, 3.05) is 20.2 Å². The summed E-state index contributed by atoms with van der Waals surface area (Å²) in [5.41, 5.74) is 1.98. The third kappa shape index (κ3) is 5.67. The summed E-state index contributed by atoms with van der Waals surface area (Å²) >= 11 is 5.88. The Morgan fingerprint density at radius 1 is 1.21 bits per heavy atom. The molecule has 1 fully saturated rings. The molecule has 1 saturated heterocycles. The first-order valence-electron chi connectivity index (χ1n) is 9.22. The fraction of sp³-hybridized carbons (Fsp3) is 0.286. The van der Waals surface area contributed by atoms with Crippen LogP contribution in [-0.2, 0) is 21.3 Å². The average molecular weight is 435 g/mol. The zero-order valence-corrected chi connectivity index (χ0v) is 17.6. The summed E-state index contributed by atoms with van der Waals surface area (Å²) < 4.78 is 32.4. The molecule has 3 rings (SSSR count). The van der Waals surface area contributed by atoms with E-state index < -0.39 is 16.0 Å². The number of methoxy groups -OCH3 is 1. The molecule has 8 heteroatoms. The fourth-order valence-corrected chi connectivity index (χ4v) is 4.71. The highest BCUT2D eigenvalue weighted by atomic mass is 35.5. The SMILES string of the molecule is COC(=O)c1ccc(CN(C2CCNC2)S(=O)(=O)/C=C/c2ccc(Cl)cc2)cc1. The van der Waals surface area contributed by atoms with Crippen LogP contribution in [0.4, 0.5) is 0 Å². The molecule has 2 aromatic rings. The topological polar surface area (TPSA) is 75.7 Å². The lowest BCUT2D eigenvalue weighted by molar-refractivity contribution is 0.0600. The molecule has 29 heavy (non-hydrogen) atoms. The van der Waals surface area contributed by atoms with Gasteiger partial charge in [0.15, 0.2) is 0 Å². The number of hydrogen-bond donors (Lipinski definition) is 1. The molecule has 2 aromatic carbocycles. The van der Waals surface area contributed by atoms with E-state index in [4.69, 9.17) is 16.3 Å². The van der Waals surface area contributed by atoms with Gasteiger partial charge in [0.2, 0.25) is 10.0 Å². The van der Waals surface area contributed by atoms with E-state index >= 15 is 0 Å². The van der Waals surface area contributed by atoms with Gasteiger partial charge in [-0.1, -0.05) is 35.9 Å². The van der Waals surface area contributed by atoms with Gasteiger partial charge in [-0.05, 0) is 54.4 Å². The second kappa shape index (κ2) is 9.54. The monoisotopic (exact) mass is 434 g/mol. The lowest BCUT2D eigenvalue weighted by atomic mass is 10.1. The Morgan fingerprint density at radius 3 is 2.48 bits per heavy atom. The van der Waals surface area contributed by atoms with Gasteiger partial charge in [-0.3, -0.25) is 0 Å². The molecular formula is C21H23ClN2O4S. The fourth-order valence-electron chi connectivity index (χ4n) is 3.17. The van der Waals surface area contributed by atoms with Crippen molar-refractivity contribution in [3.05, 3.63) is 75.7 Å². The summed E-state index contributed by atoms with van der Waals surface area (Å²) in [5, 5.41) is 5.05. The van der Waals surface area contributed by atoms with E-state index in [9.17, 15) is 13.2 Å². The molecule has 0 radical (unpaired) electrons. The molecule has 1 atom stereocenters. The second-order valence-electron chi connectivity index (χ2n) is 6.78. The van der Waals surface area contributed by atoms with E-state index in [1.54, 1.807) is 54.6 Å². The number of rotatable bonds is 7. The van der Waals surface area contributed by atoms with Crippen LogP contribution in [0.5, 0.6) is 0 Å². The quantitative estimate of drug-likeness (QED) is 0.677. The molecule has 1 aliphatic heterocycles. The van der Waals surface area contributed by atoms with Crippen LogP contribution < -0.4 is 5.32 Å². The number of carbonyl (C=O) groups excluding carboxylic acids is 1. The largest absolute Gasteiger partial charge is 0.465 e. The number of esters is 1. The predicted molar refractivity (Wildman–Crippen MR) is 114 cm³/mol. The Labute approximate surface area is 176 Å². The maximum absolute atomic E-state index is 13.1. The number of carbonyl (C=O) groups is 1. The van der Waals surface area contributed by atoms with Crippen LogP contribution in [0.2, 0.25) is 5.02 Å². The van der Waals surface area contributed by atoms with E-state index in [1.807, 2.05) is 0 Å². The summed E-state index contributed by atoms with van der Waals surface area (Å²) in [6, 6.07) is 13.6. The highest BCUT2D eigenvalue weighted by Crippen LogP contribution is 2.21. The number of nitrogens with one attached hydrogen (secondary N) is 1. The molecule has 0 bridgehead atoms. The molecule has 1 unspecified atom stereocenters. The first-order valence-corrected chi connectivity index (χ1v) is 11.1. The van der Waals surface area contributed by atoms with Gasteiger partial charge in [-0.2, -0.15) is 4.31 Å². The molecule has 0 spiro atoms. The van der Waals surface area contributed by atoms with Crippen molar-refractivity contribution < 1.29 is 17.9 Å². The smallest absolute Gasteiger partial charge is 0.337 e. The van der Waals surface area contributed by atoms with Gasteiger partial charge in [-0.25, -0.2) is 13.2 Å². The van der Waals surface area contributed by atoms with Crippen molar-refractivity contribution in [1.29, 1.82) is 0 Å². The Bertz CT molecular complexity index is 967. The Balaban J connectivity index is 1.82. The normalized spacial score (nSPS) is 17.1. The highest BCUT2D eigenvalue weighted by molar-refractivity contribution is 7.92. The van der Waals surface area contributed by atoms with Crippen molar-refractivity contribution in [2.24, 2.45) is 0 Å². The summed E-state index contributed by atoms with van der Waals surface area (Å²) in [4.78, 5) is 11.6. The minimum Gasteiger partial charge on any atom is -0.465 e. The van der Waals surface area contributed by atoms with Crippen molar-refractivity contribution >= 4 is 33.7 Å². The molecule has 0 aromatic heterocycles. The molecule has 6 nitrogen and oxygen atoms in total. The first kappa shape index (κ1) is 21.5. The summed E-state index contributed by atoms with van der Waals surface area (Å²) in [5.74, 6) is -0.424. The Morgan fingerprint density at radius 2 is 1.90 bits per heavy atom. The molecular weight excluding hydrogens is 412 g/mol. The molecule has 154 valence electrons. The number of nitrogens with zero attached hydrogens (tertiary/aromatic N) is 1. The minimum atomic E-state index is -3.66. The van der Waals surface area contributed by atoms with E-state index in [0.29, 0.717) is 17.1 Å². The maximum atomic E-state index is 13.1. The van der Waals surface area contributed by atoms with E-state index in [-0.39, 0.29) is 12.6 Å². The van der Waals surface area contributed by atoms with E-state index in [2.05, 4.69) is 5.32 Å². The summed E-state index contributed by atoms with van der Waals surface area (Å²) in [6.45, 7) is 1.61. The van der Waals surface area contributed by atoms with Crippen LogP contribution >= 0.6 is 11.6 Å². The van der Waals surface area contributed by atoms with Crippen LogP contribution in [0.15, 0.2) is 53.9 Å². The van der Waals surface area contributed by atoms with Gasteiger partial charge < -0.3 is 10.1 Å². The average Bonchev–Trinajstić information content (AvgIpc) is 3.25. The highest BCUT2D eigenvalue weighted by Gasteiger charge is 2.30. The Hall–Kier alpha value is -2.19. The zero-order chi connectivity index (χ0) is 20.9. The van der Waals surface area contributed by atoms with Gasteiger partial charge in [0.25, 0.3) is 0 Å². The van der Waals surface area contributed by atoms with E-state index in [1.165, 1.54) is 16.8 Å². The number of hydrogen-bond acceptors (Lipinski definition) is 5. The minimum absolute atomic E-state index is 0.129. The number of halogens is 1. The van der Waals surface area contributed by atoms with Crippen LogP contribution in [0.3, 0.4) is 0 Å². The third-order valence-corrected chi connectivity index (χ3v) is 6.60. The molecule has 0 amide bonds. The molecule has 1 aliphatic rings. The Kier molecular flexibility index (Phi) is 7.08. The van der Waals surface area contributed by atoms with Crippen molar-refractivity contribution in [3.8, 4) is 0 Å². The van der Waals surface area contributed by atoms with Crippen LogP contribution in [0.1, 0.15) is 27.9 Å². The van der Waals surface area contributed by atoms with Gasteiger partial charge in [0.1, 0.15) is 0 Å². The van der Waals surface area contributed by atoms with Gasteiger partial charge in [-0.15, -0.1) is 0 Å². The van der Waals surface area contributed by atoms with Gasteiger partial charge in [0, 0.05) is 29.6 Å². The molecule has 0 saturated carbocycles. The van der Waals surface area contributed by atoms with E-state index in [0.717, 1.165) is 24.1 Å². The zero-order valence-electron chi connectivity index (χ0n) is 16.0. The first-order chi connectivity index (χ1) is 13.9. The number of benzene rings is 2. The third-order valence-electron chi connectivity index (χ3n) is 4.78. The lowest BCUT2D eigenvalue weighted by Crippen LogP contribution is -2.40. The lowest BCUT2D eigenvalue weighted by Gasteiger charge is -2.26. The van der Waals surface area contributed by atoms with Gasteiger partial charge in [0.05, 0.1) is 12.7 Å². The number of sulfonamides is 1. The van der Waals surface area contributed by atoms with Crippen LogP contribution in [0.25, 0.3) is 6.08 Å². The maximum Gasteiger partial charge on any atom is 0.337 e. The van der Waals surface area contributed by atoms with Crippen molar-refractivity contribution in [3.63, 3.8) is 0 Å². The number of ether oxygens (including phenoxy) is 1. The predicted octanol–water partition coefficient (Wildman–Crippen LogP) is 3.29. The summed E-state index contributed by atoms with van der Waals surface area (Å²) in [6.07, 6.45) is 2.32.